The molecule has 1 N–H and O–H groups in total. The number of hydrogen-bond acceptors (Lipinski definition) is 5. The van der Waals surface area contributed by atoms with Gasteiger partial charge in [-0.15, -0.1) is 0 Å². The number of imide groups is 1. The summed E-state index contributed by atoms with van der Waals surface area (Å²) in [6.45, 7) is 2.54. The van der Waals surface area contributed by atoms with Crippen LogP contribution in [0.1, 0.15) is 18.1 Å². The Labute approximate surface area is 195 Å². The van der Waals surface area contributed by atoms with Gasteiger partial charge in [-0.3, -0.25) is 19.5 Å². The van der Waals surface area contributed by atoms with Crippen LogP contribution in [0.3, 0.4) is 0 Å². The van der Waals surface area contributed by atoms with Gasteiger partial charge in [0.05, 0.1) is 23.7 Å². The molecule has 1 aromatic heterocycles. The van der Waals surface area contributed by atoms with E-state index in [1.54, 1.807) is 67.0 Å². The summed E-state index contributed by atoms with van der Waals surface area (Å²) in [4.78, 5) is 31.9. The molecule has 0 spiro atoms. The third kappa shape index (κ3) is 4.47. The third-order valence-electron chi connectivity index (χ3n) is 4.87. The molecule has 0 radical (unpaired) electrons. The van der Waals surface area contributed by atoms with Gasteiger partial charge in [0.25, 0.3) is 11.8 Å². The lowest BCUT2D eigenvalue weighted by Crippen LogP contribution is -2.32. The fourth-order valence-corrected chi connectivity index (χ4v) is 3.90. The van der Waals surface area contributed by atoms with Crippen molar-refractivity contribution in [3.05, 3.63) is 93.9 Å². The van der Waals surface area contributed by atoms with E-state index in [0.717, 1.165) is 5.56 Å². The number of benzene rings is 2. The fourth-order valence-electron chi connectivity index (χ4n) is 3.40. The van der Waals surface area contributed by atoms with Crippen molar-refractivity contribution < 1.29 is 14.3 Å². The Kier molecular flexibility index (Phi) is 6.44. The second kappa shape index (κ2) is 9.42. The van der Waals surface area contributed by atoms with E-state index < -0.39 is 11.8 Å². The lowest BCUT2D eigenvalue weighted by atomic mass is 10.0. The minimum atomic E-state index is -0.450. The minimum Gasteiger partial charge on any atom is -0.494 e. The van der Waals surface area contributed by atoms with E-state index in [2.05, 4.69) is 10.3 Å². The van der Waals surface area contributed by atoms with Crippen molar-refractivity contribution >= 4 is 46.3 Å². The van der Waals surface area contributed by atoms with E-state index in [0.29, 0.717) is 28.6 Å². The van der Waals surface area contributed by atoms with Crippen molar-refractivity contribution in [1.29, 1.82) is 0 Å². The van der Waals surface area contributed by atoms with Crippen LogP contribution < -0.4 is 10.1 Å². The molecule has 0 bridgehead atoms. The molecule has 1 aliphatic rings. The Morgan fingerprint density at radius 3 is 2.47 bits per heavy atom. The van der Waals surface area contributed by atoms with Crippen molar-refractivity contribution in [2.45, 2.75) is 13.5 Å². The van der Waals surface area contributed by atoms with Crippen LogP contribution >= 0.6 is 23.2 Å². The van der Waals surface area contributed by atoms with E-state index in [1.807, 2.05) is 6.92 Å². The van der Waals surface area contributed by atoms with Gasteiger partial charge in [0, 0.05) is 28.7 Å². The zero-order valence-corrected chi connectivity index (χ0v) is 18.7. The molecule has 162 valence electrons. The molecule has 2 aromatic carbocycles. The van der Waals surface area contributed by atoms with E-state index in [4.69, 9.17) is 27.9 Å². The molecule has 2 amide bonds. The highest BCUT2D eigenvalue weighted by atomic mass is 35.5. The van der Waals surface area contributed by atoms with E-state index >= 15 is 0 Å². The molecule has 0 fully saturated rings. The van der Waals surface area contributed by atoms with Crippen LogP contribution in [-0.2, 0) is 16.1 Å². The Hall–Kier alpha value is -3.35. The van der Waals surface area contributed by atoms with Gasteiger partial charge < -0.3 is 10.1 Å². The summed E-state index contributed by atoms with van der Waals surface area (Å²) in [7, 11) is 0. The number of aromatic nitrogens is 1. The molecule has 0 unspecified atom stereocenters. The normalized spacial score (nSPS) is 13.7. The number of ether oxygens (including phenoxy) is 1. The van der Waals surface area contributed by atoms with Crippen LogP contribution in [0.25, 0.3) is 5.57 Å². The predicted molar refractivity (Wildman–Crippen MR) is 124 cm³/mol. The SMILES string of the molecule is CCOc1ccc(NC2=C(c3ccc(Cl)cc3Cl)C(=O)N(Cc3cccnc3)C2=O)cc1. The van der Waals surface area contributed by atoms with Crippen molar-refractivity contribution in [3.63, 3.8) is 0 Å². The first kappa shape index (κ1) is 21.9. The number of amides is 2. The molecule has 0 aliphatic carbocycles. The molecular formula is C24H19Cl2N3O3. The molecule has 3 aromatic rings. The van der Waals surface area contributed by atoms with Crippen molar-refractivity contribution in [2.24, 2.45) is 0 Å². The summed E-state index contributed by atoms with van der Waals surface area (Å²) in [5.74, 6) is -0.190. The van der Waals surface area contributed by atoms with Gasteiger partial charge in [0.2, 0.25) is 0 Å². The summed E-state index contributed by atoms with van der Waals surface area (Å²) < 4.78 is 5.46. The van der Waals surface area contributed by atoms with Gasteiger partial charge in [-0.25, -0.2) is 0 Å². The first-order valence-electron chi connectivity index (χ1n) is 9.92. The lowest BCUT2D eigenvalue weighted by Gasteiger charge is -2.15. The monoisotopic (exact) mass is 467 g/mol. The number of hydrogen-bond donors (Lipinski definition) is 1. The highest BCUT2D eigenvalue weighted by Gasteiger charge is 2.40. The Balaban J connectivity index is 1.73. The quantitative estimate of drug-likeness (QED) is 0.484. The molecule has 2 heterocycles. The summed E-state index contributed by atoms with van der Waals surface area (Å²) in [5, 5.41) is 3.82. The van der Waals surface area contributed by atoms with Crippen molar-refractivity contribution in [3.8, 4) is 5.75 Å². The molecule has 0 atom stereocenters. The zero-order valence-electron chi connectivity index (χ0n) is 17.1. The molecule has 0 saturated heterocycles. The van der Waals surface area contributed by atoms with Gasteiger partial charge in [0.15, 0.2) is 0 Å². The van der Waals surface area contributed by atoms with Crippen LogP contribution in [0.15, 0.2) is 72.7 Å². The maximum atomic E-state index is 13.4. The number of carbonyl (C=O) groups is 2. The maximum absolute atomic E-state index is 13.4. The van der Waals surface area contributed by atoms with E-state index in [1.165, 1.54) is 4.90 Å². The zero-order chi connectivity index (χ0) is 22.7. The second-order valence-corrected chi connectivity index (χ2v) is 7.86. The highest BCUT2D eigenvalue weighted by Crippen LogP contribution is 2.36. The number of nitrogens with one attached hydrogen (secondary N) is 1. The number of rotatable bonds is 7. The first-order valence-corrected chi connectivity index (χ1v) is 10.7. The summed E-state index contributed by atoms with van der Waals surface area (Å²) in [6.07, 6.45) is 3.25. The Bertz CT molecular complexity index is 1190. The average Bonchev–Trinajstić information content (AvgIpc) is 3.00. The number of nitrogens with zero attached hydrogens (tertiary/aromatic N) is 2. The van der Waals surface area contributed by atoms with E-state index in [-0.39, 0.29) is 22.8 Å². The van der Waals surface area contributed by atoms with Gasteiger partial charge in [-0.05, 0) is 55.0 Å². The highest BCUT2D eigenvalue weighted by molar-refractivity contribution is 6.41. The number of halogens is 2. The molecule has 32 heavy (non-hydrogen) atoms. The molecule has 4 rings (SSSR count). The maximum Gasteiger partial charge on any atom is 0.278 e. The Morgan fingerprint density at radius 2 is 1.81 bits per heavy atom. The standard InChI is InChI=1S/C24H19Cl2N3O3/c1-2-32-18-8-6-17(7-9-18)28-22-21(19-10-5-16(25)12-20(19)26)23(30)29(24(22)31)14-15-4-3-11-27-13-15/h3-13,28H,2,14H2,1H3. The molecule has 8 heteroatoms. The van der Waals surface area contributed by atoms with Crippen LogP contribution in [-0.4, -0.2) is 28.3 Å². The van der Waals surface area contributed by atoms with Gasteiger partial charge in [-0.1, -0.05) is 35.3 Å². The smallest absolute Gasteiger partial charge is 0.278 e. The second-order valence-electron chi connectivity index (χ2n) is 7.01. The van der Waals surface area contributed by atoms with Gasteiger partial charge in [-0.2, -0.15) is 0 Å². The lowest BCUT2D eigenvalue weighted by molar-refractivity contribution is -0.137. The predicted octanol–water partition coefficient (Wildman–Crippen LogP) is 5.18. The topological polar surface area (TPSA) is 71.5 Å². The van der Waals surface area contributed by atoms with Crippen LogP contribution in [0, 0.1) is 0 Å². The van der Waals surface area contributed by atoms with Crippen LogP contribution in [0.4, 0.5) is 5.69 Å². The summed E-state index contributed by atoms with van der Waals surface area (Å²) in [5.41, 5.74) is 2.13. The Morgan fingerprint density at radius 1 is 1.03 bits per heavy atom. The molecule has 0 saturated carbocycles. The molecule has 1 aliphatic heterocycles. The van der Waals surface area contributed by atoms with Crippen LogP contribution in [0.2, 0.25) is 10.0 Å². The van der Waals surface area contributed by atoms with Gasteiger partial charge in [0.1, 0.15) is 11.4 Å². The largest absolute Gasteiger partial charge is 0.494 e. The summed E-state index contributed by atoms with van der Waals surface area (Å²) >= 11 is 12.4. The van der Waals surface area contributed by atoms with Gasteiger partial charge >= 0.3 is 0 Å². The number of anilines is 1. The molecule has 6 nitrogen and oxygen atoms in total. The van der Waals surface area contributed by atoms with Crippen molar-refractivity contribution in [2.75, 3.05) is 11.9 Å². The number of pyridine rings is 1. The molecular weight excluding hydrogens is 449 g/mol. The minimum absolute atomic E-state index is 0.0919. The third-order valence-corrected chi connectivity index (χ3v) is 5.41. The van der Waals surface area contributed by atoms with E-state index in [9.17, 15) is 9.59 Å². The van der Waals surface area contributed by atoms with Crippen molar-refractivity contribution in [1.82, 2.24) is 9.88 Å². The average molecular weight is 468 g/mol. The fraction of sp³-hybridized carbons (Fsp3) is 0.125. The summed E-state index contributed by atoms with van der Waals surface area (Å²) in [6, 6.07) is 15.5. The first-order chi connectivity index (χ1) is 15.5. The number of carbonyl (C=O) groups excluding carboxylic acids is 2. The van der Waals surface area contributed by atoms with Crippen LogP contribution in [0.5, 0.6) is 5.75 Å².